The minimum Gasteiger partial charge on any atom is -0.463 e. The number of ether oxygens (including phenoxy) is 1. The molecule has 4 rings (SSSR count). The maximum Gasteiger partial charge on any atom is 0.293 e. The molecule has 0 saturated carbocycles. The van der Waals surface area contributed by atoms with Gasteiger partial charge >= 0.3 is 0 Å². The van der Waals surface area contributed by atoms with Crippen molar-refractivity contribution >= 4 is 22.8 Å². The molecule has 0 unspecified atom stereocenters. The molecule has 1 aliphatic rings. The quantitative estimate of drug-likeness (QED) is 0.358. The van der Waals surface area contributed by atoms with Gasteiger partial charge in [-0.3, -0.25) is 4.79 Å². The number of aldehydes is 1. The average molecular weight is 490 g/mol. The van der Waals surface area contributed by atoms with E-state index in [1.807, 2.05) is 43.3 Å². The van der Waals surface area contributed by atoms with E-state index < -0.39 is 21.5 Å². The van der Waals surface area contributed by atoms with E-state index in [1.54, 1.807) is 54.6 Å². The lowest BCUT2D eigenvalue weighted by Crippen LogP contribution is -2.54. The predicted octanol–water partition coefficient (Wildman–Crippen LogP) is 4.27. The lowest BCUT2D eigenvalue weighted by molar-refractivity contribution is -0.128. The molecule has 0 aliphatic heterocycles. The zero-order valence-corrected chi connectivity index (χ0v) is 20.1. The number of rotatable bonds is 9. The topological polar surface area (TPSA) is 89.5 Å². The first kappa shape index (κ1) is 24.6. The molecular formula is C28H27NO5S. The van der Waals surface area contributed by atoms with Crippen molar-refractivity contribution < 1.29 is 22.7 Å². The Kier molecular flexibility index (Phi) is 7.28. The summed E-state index contributed by atoms with van der Waals surface area (Å²) in [4.78, 5) is 23.8. The molecular weight excluding hydrogens is 462 g/mol. The number of aryl methyl sites for hydroxylation is 1. The summed E-state index contributed by atoms with van der Waals surface area (Å²) in [5.74, 6) is -1.10. The highest BCUT2D eigenvalue weighted by molar-refractivity contribution is 7.89. The van der Waals surface area contributed by atoms with Crippen molar-refractivity contribution in [3.8, 4) is 0 Å². The number of hydrogen-bond donors (Lipinski definition) is 1. The zero-order chi connectivity index (χ0) is 24.9. The molecule has 7 heteroatoms. The third kappa shape index (κ3) is 5.11. The molecule has 6 nitrogen and oxygen atoms in total. The van der Waals surface area contributed by atoms with Crippen molar-refractivity contribution in [1.82, 2.24) is 4.72 Å². The standard InChI is InChI=1S/C28H27NO5S/c1-21-12-14-25(15-13-21)35(32,33)29-28(24-10-6-3-7-11-24)17-22(19-34-20-31)16-26(27(28)18-30)23-8-4-2-5-9-23/h2-15,17-18,20,26-27,29H,16,19H2,1H3/t26-,27-,28-/m1/s1. The number of hydrogen-bond acceptors (Lipinski definition) is 5. The van der Waals surface area contributed by atoms with Crippen LogP contribution in [0.5, 0.6) is 0 Å². The summed E-state index contributed by atoms with van der Waals surface area (Å²) in [5, 5.41) is 0. The molecule has 3 atom stereocenters. The van der Waals surface area contributed by atoms with Crippen LogP contribution in [0, 0.1) is 12.8 Å². The SMILES string of the molecule is Cc1ccc(S(=O)(=O)N[C@@]2(c3ccccc3)C=C(COC=O)C[C@H](c3ccccc3)[C@H]2C=O)cc1. The fourth-order valence-corrected chi connectivity index (χ4v) is 6.19. The second-order valence-electron chi connectivity index (χ2n) is 8.75. The summed E-state index contributed by atoms with van der Waals surface area (Å²) >= 11 is 0. The highest BCUT2D eigenvalue weighted by atomic mass is 32.2. The lowest BCUT2D eigenvalue weighted by Gasteiger charge is -2.45. The number of carbonyl (C=O) groups is 2. The Morgan fingerprint density at radius 2 is 1.57 bits per heavy atom. The summed E-state index contributed by atoms with van der Waals surface area (Å²) in [6.07, 6.45) is 3.02. The Morgan fingerprint density at radius 1 is 0.943 bits per heavy atom. The summed E-state index contributed by atoms with van der Waals surface area (Å²) in [6.45, 7) is 2.25. The van der Waals surface area contributed by atoms with Gasteiger partial charge in [0.15, 0.2) is 0 Å². The van der Waals surface area contributed by atoms with E-state index in [-0.39, 0.29) is 17.4 Å². The molecule has 35 heavy (non-hydrogen) atoms. The van der Waals surface area contributed by atoms with Gasteiger partial charge in [0, 0.05) is 5.92 Å². The van der Waals surface area contributed by atoms with Crippen molar-refractivity contribution in [3.05, 3.63) is 113 Å². The van der Waals surface area contributed by atoms with E-state index in [9.17, 15) is 18.0 Å². The Morgan fingerprint density at radius 3 is 2.17 bits per heavy atom. The largest absolute Gasteiger partial charge is 0.463 e. The van der Waals surface area contributed by atoms with Crippen molar-refractivity contribution in [2.75, 3.05) is 6.61 Å². The maximum absolute atomic E-state index is 13.7. The third-order valence-corrected chi connectivity index (χ3v) is 7.97. The Labute approximate surface area is 205 Å². The molecule has 0 radical (unpaired) electrons. The summed E-state index contributed by atoms with van der Waals surface area (Å²) < 4.78 is 35.3. The van der Waals surface area contributed by atoms with Crippen LogP contribution >= 0.6 is 0 Å². The number of benzene rings is 3. The molecule has 0 saturated heterocycles. The smallest absolute Gasteiger partial charge is 0.293 e. The van der Waals surface area contributed by atoms with E-state index in [0.717, 1.165) is 23.0 Å². The van der Waals surface area contributed by atoms with E-state index in [4.69, 9.17) is 4.74 Å². The Bertz CT molecular complexity index is 1300. The van der Waals surface area contributed by atoms with Crippen LogP contribution in [0.1, 0.15) is 29.0 Å². The van der Waals surface area contributed by atoms with Crippen molar-refractivity contribution in [2.45, 2.75) is 29.7 Å². The summed E-state index contributed by atoms with van der Waals surface area (Å²) in [6, 6.07) is 25.1. The minimum absolute atomic E-state index is 0.000740. The number of sulfonamides is 1. The van der Waals surface area contributed by atoms with Gasteiger partial charge in [0.1, 0.15) is 12.9 Å². The summed E-state index contributed by atoms with van der Waals surface area (Å²) in [7, 11) is -4.04. The van der Waals surface area contributed by atoms with Crippen molar-refractivity contribution in [3.63, 3.8) is 0 Å². The normalized spacial score (nSPS) is 22.1. The van der Waals surface area contributed by atoms with Crippen LogP contribution in [-0.4, -0.2) is 27.8 Å². The van der Waals surface area contributed by atoms with Gasteiger partial charge in [-0.15, -0.1) is 0 Å². The first-order valence-electron chi connectivity index (χ1n) is 11.3. The van der Waals surface area contributed by atoms with Crippen LogP contribution in [0.2, 0.25) is 0 Å². The van der Waals surface area contributed by atoms with Crippen LogP contribution < -0.4 is 4.72 Å². The van der Waals surface area contributed by atoms with E-state index in [1.165, 1.54) is 0 Å². The summed E-state index contributed by atoms with van der Waals surface area (Å²) in [5.41, 5.74) is 1.78. The minimum atomic E-state index is -4.04. The zero-order valence-electron chi connectivity index (χ0n) is 19.3. The van der Waals surface area contributed by atoms with Crippen molar-refractivity contribution in [2.24, 2.45) is 5.92 Å². The van der Waals surface area contributed by atoms with Gasteiger partial charge in [0.05, 0.1) is 10.4 Å². The fraction of sp³-hybridized carbons (Fsp3) is 0.214. The van der Waals surface area contributed by atoms with Crippen LogP contribution in [0.4, 0.5) is 0 Å². The highest BCUT2D eigenvalue weighted by Gasteiger charge is 2.49. The van der Waals surface area contributed by atoms with Gasteiger partial charge in [0.25, 0.3) is 6.47 Å². The van der Waals surface area contributed by atoms with Gasteiger partial charge in [-0.25, -0.2) is 8.42 Å². The molecule has 0 amide bonds. The first-order valence-corrected chi connectivity index (χ1v) is 12.8. The second-order valence-corrected chi connectivity index (χ2v) is 10.4. The molecule has 3 aromatic rings. The van der Waals surface area contributed by atoms with E-state index in [2.05, 4.69) is 4.72 Å². The average Bonchev–Trinajstić information content (AvgIpc) is 2.88. The first-order chi connectivity index (χ1) is 16.9. The molecule has 1 aliphatic carbocycles. The van der Waals surface area contributed by atoms with Gasteiger partial charge in [-0.05, 0) is 48.1 Å². The molecule has 0 bridgehead atoms. The number of nitrogens with one attached hydrogen (secondary N) is 1. The van der Waals surface area contributed by atoms with Gasteiger partial charge in [-0.2, -0.15) is 4.72 Å². The van der Waals surface area contributed by atoms with Crippen molar-refractivity contribution in [1.29, 1.82) is 0 Å². The lowest BCUT2D eigenvalue weighted by atomic mass is 9.64. The number of carbonyl (C=O) groups excluding carboxylic acids is 2. The molecule has 1 N–H and O–H groups in total. The maximum atomic E-state index is 13.7. The Balaban J connectivity index is 1.93. The molecule has 3 aromatic carbocycles. The predicted molar refractivity (Wildman–Crippen MR) is 133 cm³/mol. The fourth-order valence-electron chi connectivity index (χ4n) is 4.82. The molecule has 0 aromatic heterocycles. The monoisotopic (exact) mass is 489 g/mol. The van der Waals surface area contributed by atoms with Crippen LogP contribution in [-0.2, 0) is 29.9 Å². The third-order valence-electron chi connectivity index (χ3n) is 6.47. The van der Waals surface area contributed by atoms with Crippen LogP contribution in [0.25, 0.3) is 0 Å². The van der Waals surface area contributed by atoms with E-state index in [0.29, 0.717) is 18.5 Å². The molecule has 0 fully saturated rings. The molecule has 0 spiro atoms. The molecule has 180 valence electrons. The second kappa shape index (κ2) is 10.4. The van der Waals surface area contributed by atoms with Gasteiger partial charge < -0.3 is 9.53 Å². The Hall–Kier alpha value is -3.55. The van der Waals surface area contributed by atoms with Crippen LogP contribution in [0.3, 0.4) is 0 Å². The van der Waals surface area contributed by atoms with Crippen LogP contribution in [0.15, 0.2) is 101 Å². The van der Waals surface area contributed by atoms with Gasteiger partial charge in [-0.1, -0.05) is 84.4 Å². The van der Waals surface area contributed by atoms with Gasteiger partial charge in [0.2, 0.25) is 10.0 Å². The highest BCUT2D eigenvalue weighted by Crippen LogP contribution is 2.47. The molecule has 0 heterocycles. The van der Waals surface area contributed by atoms with E-state index >= 15 is 0 Å².